The van der Waals surface area contributed by atoms with Gasteiger partial charge in [-0.15, -0.1) is 0 Å². The molecule has 0 saturated carbocycles. The first kappa shape index (κ1) is 16.4. The molecular weight excluding hydrogens is 298 g/mol. The van der Waals surface area contributed by atoms with Crippen molar-refractivity contribution in [2.24, 2.45) is 4.99 Å². The summed E-state index contributed by atoms with van der Waals surface area (Å²) in [5.41, 5.74) is 3.65. The lowest BCUT2D eigenvalue weighted by atomic mass is 10.0. The Balaban J connectivity index is 1.53. The maximum absolute atomic E-state index is 5.71. The van der Waals surface area contributed by atoms with E-state index in [9.17, 15) is 0 Å². The van der Waals surface area contributed by atoms with Crippen molar-refractivity contribution in [2.75, 3.05) is 25.0 Å². The molecule has 0 amide bonds. The first-order valence-corrected chi connectivity index (χ1v) is 8.69. The van der Waals surface area contributed by atoms with E-state index in [0.717, 1.165) is 56.4 Å². The maximum Gasteiger partial charge on any atom is 0.195 e. The number of aliphatic imine (C=N–C) groups is 1. The smallest absolute Gasteiger partial charge is 0.195 e. The normalized spacial score (nSPS) is 13.3. The monoisotopic (exact) mass is 323 g/mol. The van der Waals surface area contributed by atoms with Gasteiger partial charge in [0.2, 0.25) is 0 Å². The Labute approximate surface area is 144 Å². The number of anilines is 1. The van der Waals surface area contributed by atoms with Gasteiger partial charge in [-0.3, -0.25) is 4.99 Å². The standard InChI is InChI=1S/C20H25N3O/c1-2-3-14-24-19-10-6-17(7-11-19)15-16-4-8-18(9-5-16)23-20-21-12-13-22-20/h4-11H,2-3,12-15H2,1H3,(H2,21,22,23). The van der Waals surface area contributed by atoms with E-state index in [4.69, 9.17) is 4.74 Å². The van der Waals surface area contributed by atoms with Crippen LogP contribution in [0.2, 0.25) is 0 Å². The van der Waals surface area contributed by atoms with E-state index in [-0.39, 0.29) is 0 Å². The molecule has 1 aliphatic rings. The summed E-state index contributed by atoms with van der Waals surface area (Å²) in [4.78, 5) is 4.34. The molecule has 0 spiro atoms. The molecule has 0 aliphatic carbocycles. The van der Waals surface area contributed by atoms with Crippen LogP contribution in [0.5, 0.6) is 5.75 Å². The molecule has 1 heterocycles. The average molecular weight is 323 g/mol. The Morgan fingerprint density at radius 2 is 1.75 bits per heavy atom. The highest BCUT2D eigenvalue weighted by Gasteiger charge is 2.05. The number of nitrogens with zero attached hydrogens (tertiary/aromatic N) is 1. The van der Waals surface area contributed by atoms with Crippen molar-refractivity contribution in [3.63, 3.8) is 0 Å². The van der Waals surface area contributed by atoms with Gasteiger partial charge in [-0.1, -0.05) is 37.6 Å². The molecule has 2 aromatic rings. The van der Waals surface area contributed by atoms with E-state index >= 15 is 0 Å². The predicted molar refractivity (Wildman–Crippen MR) is 100 cm³/mol. The van der Waals surface area contributed by atoms with Crippen LogP contribution in [0.25, 0.3) is 0 Å². The molecule has 4 nitrogen and oxygen atoms in total. The van der Waals surface area contributed by atoms with Gasteiger partial charge in [-0.2, -0.15) is 0 Å². The van der Waals surface area contributed by atoms with Crippen molar-refractivity contribution in [1.29, 1.82) is 0 Å². The molecule has 2 aromatic carbocycles. The van der Waals surface area contributed by atoms with Crippen molar-refractivity contribution < 1.29 is 4.74 Å². The van der Waals surface area contributed by atoms with E-state index in [1.807, 2.05) is 0 Å². The van der Waals surface area contributed by atoms with Gasteiger partial charge in [0, 0.05) is 12.2 Å². The number of ether oxygens (including phenoxy) is 1. The van der Waals surface area contributed by atoms with Crippen molar-refractivity contribution in [2.45, 2.75) is 26.2 Å². The zero-order chi connectivity index (χ0) is 16.6. The van der Waals surface area contributed by atoms with Gasteiger partial charge in [0.15, 0.2) is 5.96 Å². The molecule has 1 aliphatic heterocycles. The molecule has 0 bridgehead atoms. The lowest BCUT2D eigenvalue weighted by Gasteiger charge is -2.09. The number of benzene rings is 2. The highest BCUT2D eigenvalue weighted by atomic mass is 16.5. The molecule has 24 heavy (non-hydrogen) atoms. The molecule has 0 radical (unpaired) electrons. The Kier molecular flexibility index (Phi) is 5.72. The zero-order valence-electron chi connectivity index (χ0n) is 14.2. The van der Waals surface area contributed by atoms with Crippen molar-refractivity contribution in [3.05, 3.63) is 59.7 Å². The van der Waals surface area contributed by atoms with Crippen LogP contribution < -0.4 is 15.4 Å². The van der Waals surface area contributed by atoms with Gasteiger partial charge in [0.1, 0.15) is 5.75 Å². The molecule has 0 aromatic heterocycles. The van der Waals surface area contributed by atoms with Gasteiger partial charge >= 0.3 is 0 Å². The third kappa shape index (κ3) is 4.75. The number of hydrogen-bond acceptors (Lipinski definition) is 4. The molecule has 0 unspecified atom stereocenters. The Hall–Kier alpha value is -2.49. The summed E-state index contributed by atoms with van der Waals surface area (Å²) < 4.78 is 5.71. The topological polar surface area (TPSA) is 45.6 Å². The molecular formula is C20H25N3O. The second-order valence-electron chi connectivity index (χ2n) is 6.00. The summed E-state index contributed by atoms with van der Waals surface area (Å²) in [6.07, 6.45) is 3.19. The minimum atomic E-state index is 0.796. The summed E-state index contributed by atoms with van der Waals surface area (Å²) in [6, 6.07) is 16.9. The quantitative estimate of drug-likeness (QED) is 0.761. The largest absolute Gasteiger partial charge is 0.494 e. The second-order valence-corrected chi connectivity index (χ2v) is 6.00. The third-order valence-electron chi connectivity index (χ3n) is 3.99. The second kappa shape index (κ2) is 8.39. The highest BCUT2D eigenvalue weighted by Crippen LogP contribution is 2.17. The minimum Gasteiger partial charge on any atom is -0.494 e. The van der Waals surface area contributed by atoms with Crippen molar-refractivity contribution in [3.8, 4) is 5.75 Å². The fourth-order valence-electron chi connectivity index (χ4n) is 2.60. The minimum absolute atomic E-state index is 0.796. The van der Waals surface area contributed by atoms with Crippen LogP contribution in [0.1, 0.15) is 30.9 Å². The summed E-state index contributed by atoms with van der Waals surface area (Å²) in [6.45, 7) is 4.73. The van der Waals surface area contributed by atoms with E-state index in [0.29, 0.717) is 0 Å². The molecule has 0 fully saturated rings. The average Bonchev–Trinajstić information content (AvgIpc) is 3.11. The summed E-state index contributed by atoms with van der Waals surface area (Å²) in [5, 5.41) is 6.50. The number of unbranched alkanes of at least 4 members (excludes halogenated alkanes) is 1. The van der Waals surface area contributed by atoms with Crippen molar-refractivity contribution in [1.82, 2.24) is 5.32 Å². The Bertz CT molecular complexity index is 662. The van der Waals surface area contributed by atoms with Gasteiger partial charge in [-0.05, 0) is 48.2 Å². The summed E-state index contributed by atoms with van der Waals surface area (Å²) in [7, 11) is 0. The molecule has 2 N–H and O–H groups in total. The fourth-order valence-corrected chi connectivity index (χ4v) is 2.60. The van der Waals surface area contributed by atoms with Crippen LogP contribution in [-0.2, 0) is 6.42 Å². The van der Waals surface area contributed by atoms with Gasteiger partial charge in [-0.25, -0.2) is 0 Å². The van der Waals surface area contributed by atoms with Crippen LogP contribution in [0, 0.1) is 0 Å². The van der Waals surface area contributed by atoms with Crippen LogP contribution in [0.3, 0.4) is 0 Å². The highest BCUT2D eigenvalue weighted by molar-refractivity contribution is 5.94. The van der Waals surface area contributed by atoms with E-state index in [1.165, 1.54) is 11.1 Å². The summed E-state index contributed by atoms with van der Waals surface area (Å²) in [5.74, 6) is 1.82. The van der Waals surface area contributed by atoms with Crippen LogP contribution in [-0.4, -0.2) is 25.7 Å². The van der Waals surface area contributed by atoms with E-state index in [2.05, 4.69) is 71.1 Å². The first-order chi connectivity index (χ1) is 11.8. The summed E-state index contributed by atoms with van der Waals surface area (Å²) >= 11 is 0. The molecule has 0 atom stereocenters. The lowest BCUT2D eigenvalue weighted by Crippen LogP contribution is -2.26. The van der Waals surface area contributed by atoms with E-state index < -0.39 is 0 Å². The van der Waals surface area contributed by atoms with Crippen molar-refractivity contribution >= 4 is 11.6 Å². The number of hydrogen-bond donors (Lipinski definition) is 2. The van der Waals surface area contributed by atoms with Crippen LogP contribution in [0.4, 0.5) is 5.69 Å². The Morgan fingerprint density at radius 3 is 2.38 bits per heavy atom. The first-order valence-electron chi connectivity index (χ1n) is 8.69. The van der Waals surface area contributed by atoms with Gasteiger partial charge < -0.3 is 15.4 Å². The number of nitrogens with one attached hydrogen (secondary N) is 2. The van der Waals surface area contributed by atoms with Crippen LogP contribution in [0.15, 0.2) is 53.5 Å². The zero-order valence-corrected chi connectivity index (χ0v) is 14.2. The predicted octanol–water partition coefficient (Wildman–Crippen LogP) is 3.83. The maximum atomic E-state index is 5.71. The number of rotatable bonds is 7. The molecule has 3 rings (SSSR count). The van der Waals surface area contributed by atoms with Crippen LogP contribution >= 0.6 is 0 Å². The fraction of sp³-hybridized carbons (Fsp3) is 0.350. The van der Waals surface area contributed by atoms with Gasteiger partial charge in [0.05, 0.1) is 13.2 Å². The Morgan fingerprint density at radius 1 is 1.04 bits per heavy atom. The number of guanidine groups is 1. The molecule has 126 valence electrons. The lowest BCUT2D eigenvalue weighted by molar-refractivity contribution is 0.309. The third-order valence-corrected chi connectivity index (χ3v) is 3.99. The van der Waals surface area contributed by atoms with Gasteiger partial charge in [0.25, 0.3) is 0 Å². The molecule has 4 heteroatoms. The molecule has 0 saturated heterocycles. The van der Waals surface area contributed by atoms with E-state index in [1.54, 1.807) is 0 Å². The SMILES string of the molecule is CCCCOc1ccc(Cc2ccc(NC3=NCCN3)cc2)cc1.